The zero-order chi connectivity index (χ0) is 14.3. The van der Waals surface area contributed by atoms with Crippen LogP contribution in [0.15, 0.2) is 30.3 Å². The first-order valence-electron chi connectivity index (χ1n) is 7.01. The minimum Gasteiger partial charge on any atom is -0.348 e. The van der Waals surface area contributed by atoms with Crippen LogP contribution >= 0.6 is 0 Å². The quantitative estimate of drug-likeness (QED) is 0.827. The summed E-state index contributed by atoms with van der Waals surface area (Å²) in [6, 6.07) is 10.3. The van der Waals surface area contributed by atoms with E-state index in [-0.39, 0.29) is 17.5 Å². The highest BCUT2D eigenvalue weighted by molar-refractivity contribution is 5.78. The summed E-state index contributed by atoms with van der Waals surface area (Å²) in [5.74, 6) is 0.0530. The fourth-order valence-corrected chi connectivity index (χ4v) is 1.89. The second-order valence-corrected chi connectivity index (χ2v) is 5.92. The van der Waals surface area contributed by atoms with Gasteiger partial charge in [-0.25, -0.2) is 0 Å². The van der Waals surface area contributed by atoms with Crippen LogP contribution in [0.4, 0.5) is 0 Å². The summed E-state index contributed by atoms with van der Waals surface area (Å²) in [5.41, 5.74) is 1.14. The predicted molar refractivity (Wildman–Crippen MR) is 80.0 cm³/mol. The van der Waals surface area contributed by atoms with Crippen LogP contribution in [0, 0.1) is 0 Å². The highest BCUT2D eigenvalue weighted by Gasteiger charge is 2.15. The molecule has 0 fully saturated rings. The summed E-state index contributed by atoms with van der Waals surface area (Å²) >= 11 is 0. The van der Waals surface area contributed by atoms with Crippen LogP contribution in [0.3, 0.4) is 0 Å². The molecule has 3 nitrogen and oxygen atoms in total. The molecule has 0 aliphatic rings. The van der Waals surface area contributed by atoms with Crippen LogP contribution < -0.4 is 10.6 Å². The summed E-state index contributed by atoms with van der Waals surface area (Å²) in [6.07, 6.45) is 2.01. The molecule has 0 aliphatic carbocycles. The van der Waals surface area contributed by atoms with E-state index in [0.29, 0.717) is 6.54 Å². The lowest BCUT2D eigenvalue weighted by Crippen LogP contribution is -2.44. The zero-order valence-electron chi connectivity index (χ0n) is 12.5. The SMILES string of the molecule is CCCC(NC(=O)CNC(C)(C)C)c1ccccc1. The van der Waals surface area contributed by atoms with E-state index in [1.807, 2.05) is 18.2 Å². The minimum absolute atomic E-state index is 0.0374. The molecule has 0 saturated heterocycles. The Morgan fingerprint density at radius 1 is 1.21 bits per heavy atom. The largest absolute Gasteiger partial charge is 0.348 e. The molecule has 0 heterocycles. The molecule has 0 spiro atoms. The van der Waals surface area contributed by atoms with Crippen molar-refractivity contribution in [1.29, 1.82) is 0 Å². The van der Waals surface area contributed by atoms with Crippen LogP contribution in [0.2, 0.25) is 0 Å². The molecule has 1 rings (SSSR count). The van der Waals surface area contributed by atoms with E-state index < -0.39 is 0 Å². The van der Waals surface area contributed by atoms with E-state index >= 15 is 0 Å². The third-order valence-electron chi connectivity index (χ3n) is 2.89. The maximum Gasteiger partial charge on any atom is 0.234 e. The van der Waals surface area contributed by atoms with Crippen LogP contribution in [-0.4, -0.2) is 18.0 Å². The Bertz CT molecular complexity index is 381. The Morgan fingerprint density at radius 2 is 1.84 bits per heavy atom. The first kappa shape index (κ1) is 15.7. The maximum atomic E-state index is 12.0. The number of carbonyl (C=O) groups excluding carboxylic acids is 1. The summed E-state index contributed by atoms with van der Waals surface area (Å²) in [6.45, 7) is 8.66. The monoisotopic (exact) mass is 262 g/mol. The molecule has 0 saturated carbocycles. The van der Waals surface area contributed by atoms with Crippen molar-refractivity contribution >= 4 is 5.91 Å². The van der Waals surface area contributed by atoms with Crippen molar-refractivity contribution in [2.45, 2.75) is 52.1 Å². The van der Waals surface area contributed by atoms with Crippen LogP contribution in [-0.2, 0) is 4.79 Å². The fraction of sp³-hybridized carbons (Fsp3) is 0.562. The lowest BCUT2D eigenvalue weighted by atomic mass is 10.0. The molecule has 1 atom stereocenters. The molecular formula is C16H26N2O. The maximum absolute atomic E-state index is 12.0. The smallest absolute Gasteiger partial charge is 0.234 e. The molecule has 1 amide bonds. The minimum atomic E-state index is -0.0374. The molecular weight excluding hydrogens is 236 g/mol. The van der Waals surface area contributed by atoms with Crippen molar-refractivity contribution in [3.8, 4) is 0 Å². The van der Waals surface area contributed by atoms with Crippen molar-refractivity contribution in [2.24, 2.45) is 0 Å². The summed E-state index contributed by atoms with van der Waals surface area (Å²) in [4.78, 5) is 12.0. The molecule has 1 aromatic carbocycles. The van der Waals surface area contributed by atoms with Crippen molar-refractivity contribution in [3.63, 3.8) is 0 Å². The second kappa shape index (κ2) is 7.29. The first-order valence-corrected chi connectivity index (χ1v) is 7.01. The molecule has 1 unspecified atom stereocenters. The van der Waals surface area contributed by atoms with Gasteiger partial charge in [0, 0.05) is 5.54 Å². The van der Waals surface area contributed by atoms with Gasteiger partial charge in [0.2, 0.25) is 5.91 Å². The van der Waals surface area contributed by atoms with Crippen LogP contribution in [0.1, 0.15) is 52.1 Å². The third kappa shape index (κ3) is 6.39. The van der Waals surface area contributed by atoms with E-state index in [2.05, 4.69) is 50.5 Å². The van der Waals surface area contributed by atoms with Gasteiger partial charge in [-0.3, -0.25) is 4.79 Å². The van der Waals surface area contributed by atoms with E-state index in [9.17, 15) is 4.79 Å². The van der Waals surface area contributed by atoms with E-state index in [1.54, 1.807) is 0 Å². The molecule has 0 radical (unpaired) electrons. The van der Waals surface area contributed by atoms with Crippen LogP contribution in [0.25, 0.3) is 0 Å². The molecule has 19 heavy (non-hydrogen) atoms. The number of hydrogen-bond acceptors (Lipinski definition) is 2. The Kier molecular flexibility index (Phi) is 6.03. The highest BCUT2D eigenvalue weighted by Crippen LogP contribution is 2.17. The normalized spacial score (nSPS) is 13.1. The number of amides is 1. The first-order chi connectivity index (χ1) is 8.92. The molecule has 2 N–H and O–H groups in total. The van der Waals surface area contributed by atoms with Gasteiger partial charge in [-0.1, -0.05) is 43.7 Å². The molecule has 0 aliphatic heterocycles. The van der Waals surface area contributed by atoms with Gasteiger partial charge in [0.1, 0.15) is 0 Å². The Balaban J connectivity index is 2.57. The van der Waals surface area contributed by atoms with Gasteiger partial charge >= 0.3 is 0 Å². The number of rotatable bonds is 6. The lowest BCUT2D eigenvalue weighted by Gasteiger charge is -2.23. The predicted octanol–water partition coefficient (Wildman–Crippen LogP) is 3.03. The van der Waals surface area contributed by atoms with E-state index in [0.717, 1.165) is 12.8 Å². The van der Waals surface area contributed by atoms with Gasteiger partial charge < -0.3 is 10.6 Å². The van der Waals surface area contributed by atoms with Gasteiger partial charge in [-0.05, 0) is 32.8 Å². The molecule has 106 valence electrons. The number of nitrogens with one attached hydrogen (secondary N) is 2. The zero-order valence-corrected chi connectivity index (χ0v) is 12.5. The lowest BCUT2D eigenvalue weighted by molar-refractivity contribution is -0.121. The van der Waals surface area contributed by atoms with Crippen LogP contribution in [0.5, 0.6) is 0 Å². The van der Waals surface area contributed by atoms with Gasteiger partial charge in [0.25, 0.3) is 0 Å². The molecule has 0 aromatic heterocycles. The average molecular weight is 262 g/mol. The Hall–Kier alpha value is -1.35. The Morgan fingerprint density at radius 3 is 2.37 bits per heavy atom. The second-order valence-electron chi connectivity index (χ2n) is 5.92. The number of benzene rings is 1. The molecule has 0 bridgehead atoms. The van der Waals surface area contributed by atoms with E-state index in [1.165, 1.54) is 5.56 Å². The molecule has 3 heteroatoms. The van der Waals surface area contributed by atoms with Crippen molar-refractivity contribution in [1.82, 2.24) is 10.6 Å². The summed E-state index contributed by atoms with van der Waals surface area (Å²) in [5, 5.41) is 6.31. The van der Waals surface area contributed by atoms with Gasteiger partial charge in [-0.15, -0.1) is 0 Å². The fourth-order valence-electron chi connectivity index (χ4n) is 1.89. The standard InChI is InChI=1S/C16H26N2O/c1-5-9-14(13-10-7-6-8-11-13)18-15(19)12-17-16(2,3)4/h6-8,10-11,14,17H,5,9,12H2,1-4H3,(H,18,19). The van der Waals surface area contributed by atoms with Gasteiger partial charge in [-0.2, -0.15) is 0 Å². The summed E-state index contributed by atoms with van der Waals surface area (Å²) in [7, 11) is 0. The van der Waals surface area contributed by atoms with Crippen molar-refractivity contribution in [2.75, 3.05) is 6.54 Å². The number of hydrogen-bond donors (Lipinski definition) is 2. The van der Waals surface area contributed by atoms with Gasteiger partial charge in [0.15, 0.2) is 0 Å². The Labute approximate surface area is 116 Å². The van der Waals surface area contributed by atoms with Crippen molar-refractivity contribution in [3.05, 3.63) is 35.9 Å². The average Bonchev–Trinajstić information content (AvgIpc) is 2.36. The van der Waals surface area contributed by atoms with Gasteiger partial charge in [0.05, 0.1) is 12.6 Å². The van der Waals surface area contributed by atoms with E-state index in [4.69, 9.17) is 0 Å². The summed E-state index contributed by atoms with van der Waals surface area (Å²) < 4.78 is 0. The number of carbonyl (C=O) groups is 1. The van der Waals surface area contributed by atoms with Crippen molar-refractivity contribution < 1.29 is 4.79 Å². The topological polar surface area (TPSA) is 41.1 Å². The molecule has 1 aromatic rings. The highest BCUT2D eigenvalue weighted by atomic mass is 16.2. The third-order valence-corrected chi connectivity index (χ3v) is 2.89.